The van der Waals surface area contributed by atoms with Crippen LogP contribution in [0.5, 0.6) is 0 Å². The minimum atomic E-state index is 0.399. The Balaban J connectivity index is 1.80. The molecule has 2 nitrogen and oxygen atoms in total. The quantitative estimate of drug-likeness (QED) is 0.832. The third-order valence-electron chi connectivity index (χ3n) is 4.18. The van der Waals surface area contributed by atoms with Crippen LogP contribution in [-0.2, 0) is 13.0 Å². The fourth-order valence-electron chi connectivity index (χ4n) is 3.06. The van der Waals surface area contributed by atoms with Crippen molar-refractivity contribution < 1.29 is 0 Å². The number of nitrogens with zero attached hydrogens (tertiary/aromatic N) is 1. The monoisotopic (exact) mass is 300 g/mol. The van der Waals surface area contributed by atoms with E-state index < -0.39 is 0 Å². The zero-order valence-corrected chi connectivity index (χ0v) is 13.2. The van der Waals surface area contributed by atoms with Gasteiger partial charge in [0.25, 0.3) is 0 Å². The molecule has 3 rings (SSSR count). The predicted octanol–water partition coefficient (Wildman–Crippen LogP) is 4.31. The van der Waals surface area contributed by atoms with Crippen LogP contribution in [0.1, 0.15) is 48.1 Å². The molecular weight excluding hydrogens is 280 g/mol. The lowest BCUT2D eigenvalue weighted by atomic mass is 9.95. The molecule has 1 unspecified atom stereocenters. The Bertz CT molecular complexity index is 624. The van der Waals surface area contributed by atoms with E-state index in [-0.39, 0.29) is 0 Å². The van der Waals surface area contributed by atoms with Gasteiger partial charge in [-0.15, -0.1) is 0 Å². The number of benzene rings is 1. The highest BCUT2D eigenvalue weighted by atomic mass is 35.5. The lowest BCUT2D eigenvalue weighted by molar-refractivity contribution is 0.675. The fourth-order valence-corrected chi connectivity index (χ4v) is 3.32. The van der Waals surface area contributed by atoms with Crippen LogP contribution in [0.15, 0.2) is 36.5 Å². The maximum Gasteiger partial charge on any atom is 0.0510 e. The van der Waals surface area contributed by atoms with Crippen molar-refractivity contribution in [3.63, 3.8) is 0 Å². The second kappa shape index (κ2) is 6.59. The molecule has 1 heterocycles. The maximum absolute atomic E-state index is 6.45. The number of nitrogens with one attached hydrogen (secondary N) is 1. The molecule has 0 aliphatic heterocycles. The van der Waals surface area contributed by atoms with Crippen molar-refractivity contribution in [3.8, 4) is 0 Å². The third-order valence-corrected chi connectivity index (χ3v) is 4.53. The minimum absolute atomic E-state index is 0.399. The molecule has 0 spiro atoms. The number of hydrogen-bond donors (Lipinski definition) is 1. The van der Waals surface area contributed by atoms with Gasteiger partial charge < -0.3 is 5.32 Å². The molecule has 21 heavy (non-hydrogen) atoms. The third kappa shape index (κ3) is 3.12. The molecule has 0 fully saturated rings. The summed E-state index contributed by atoms with van der Waals surface area (Å²) in [5.74, 6) is 0.399. The molecule has 1 aliphatic carbocycles. The highest BCUT2D eigenvalue weighted by molar-refractivity contribution is 6.31. The Morgan fingerprint density at radius 2 is 2.24 bits per heavy atom. The molecule has 0 saturated carbocycles. The first-order valence-electron chi connectivity index (χ1n) is 7.72. The zero-order valence-electron chi connectivity index (χ0n) is 12.4. The van der Waals surface area contributed by atoms with E-state index >= 15 is 0 Å². The molecule has 1 aliphatic rings. The Morgan fingerprint density at radius 3 is 3.05 bits per heavy atom. The van der Waals surface area contributed by atoms with Gasteiger partial charge >= 0.3 is 0 Å². The summed E-state index contributed by atoms with van der Waals surface area (Å²) in [6, 6.07) is 10.7. The first kappa shape index (κ1) is 14.6. The highest BCUT2D eigenvalue weighted by Crippen LogP contribution is 2.37. The van der Waals surface area contributed by atoms with Gasteiger partial charge in [0.15, 0.2) is 0 Å². The summed E-state index contributed by atoms with van der Waals surface area (Å²) in [4.78, 5) is 4.57. The summed E-state index contributed by atoms with van der Waals surface area (Å²) in [7, 11) is 0. The maximum atomic E-state index is 6.45. The summed E-state index contributed by atoms with van der Waals surface area (Å²) in [6.07, 6.45) is 5.28. The highest BCUT2D eigenvalue weighted by Gasteiger charge is 2.25. The molecule has 0 bridgehead atoms. The van der Waals surface area contributed by atoms with E-state index in [9.17, 15) is 0 Å². The van der Waals surface area contributed by atoms with Gasteiger partial charge in [-0.1, -0.05) is 36.7 Å². The lowest BCUT2D eigenvalue weighted by Gasteiger charge is -2.13. The van der Waals surface area contributed by atoms with Crippen LogP contribution >= 0.6 is 11.6 Å². The van der Waals surface area contributed by atoms with E-state index in [1.54, 1.807) is 0 Å². The molecule has 3 heteroatoms. The van der Waals surface area contributed by atoms with Crippen LogP contribution in [0.25, 0.3) is 0 Å². The Morgan fingerprint density at radius 1 is 1.33 bits per heavy atom. The molecule has 1 aromatic heterocycles. The molecule has 1 N–H and O–H groups in total. The molecule has 1 atom stereocenters. The minimum Gasteiger partial charge on any atom is -0.313 e. The van der Waals surface area contributed by atoms with Gasteiger partial charge in [0.1, 0.15) is 0 Å². The van der Waals surface area contributed by atoms with E-state index in [1.165, 1.54) is 22.4 Å². The fraction of sp³-hybridized carbons (Fsp3) is 0.389. The molecule has 0 saturated heterocycles. The van der Waals surface area contributed by atoms with E-state index in [0.29, 0.717) is 5.92 Å². The van der Waals surface area contributed by atoms with Gasteiger partial charge in [0.2, 0.25) is 0 Å². The molecule has 0 radical (unpaired) electrons. The topological polar surface area (TPSA) is 24.9 Å². The summed E-state index contributed by atoms with van der Waals surface area (Å²) in [6.45, 7) is 4.03. The predicted molar refractivity (Wildman–Crippen MR) is 87.9 cm³/mol. The van der Waals surface area contributed by atoms with Crippen molar-refractivity contribution in [2.45, 2.75) is 38.6 Å². The first-order valence-corrected chi connectivity index (χ1v) is 8.10. The van der Waals surface area contributed by atoms with Gasteiger partial charge in [-0.25, -0.2) is 0 Å². The largest absolute Gasteiger partial charge is 0.313 e. The van der Waals surface area contributed by atoms with E-state index in [0.717, 1.165) is 37.4 Å². The van der Waals surface area contributed by atoms with Gasteiger partial charge in [-0.3, -0.25) is 4.98 Å². The van der Waals surface area contributed by atoms with Crippen LogP contribution in [0, 0.1) is 0 Å². The van der Waals surface area contributed by atoms with Crippen LogP contribution < -0.4 is 5.32 Å². The second-order valence-electron chi connectivity index (χ2n) is 5.67. The number of aryl methyl sites for hydroxylation is 1. The number of fused-ring (bicyclic) bond motifs is 1. The number of pyridine rings is 1. The van der Waals surface area contributed by atoms with Crippen LogP contribution in [-0.4, -0.2) is 11.5 Å². The summed E-state index contributed by atoms with van der Waals surface area (Å²) in [5, 5.41) is 4.26. The number of halogens is 1. The molecule has 110 valence electrons. The normalized spacial score (nSPS) is 17.0. The van der Waals surface area contributed by atoms with Crippen LogP contribution in [0.4, 0.5) is 0 Å². The van der Waals surface area contributed by atoms with Crippen LogP contribution in [0.2, 0.25) is 5.02 Å². The smallest absolute Gasteiger partial charge is 0.0510 e. The Hall–Kier alpha value is -1.38. The van der Waals surface area contributed by atoms with Gasteiger partial charge in [0, 0.05) is 23.7 Å². The lowest BCUT2D eigenvalue weighted by Crippen LogP contribution is -2.14. The van der Waals surface area contributed by atoms with E-state index in [1.807, 2.05) is 12.3 Å². The second-order valence-corrected chi connectivity index (χ2v) is 6.07. The first-order chi connectivity index (χ1) is 10.3. The van der Waals surface area contributed by atoms with Crippen molar-refractivity contribution in [2.24, 2.45) is 0 Å². The van der Waals surface area contributed by atoms with Crippen molar-refractivity contribution in [2.75, 3.05) is 6.54 Å². The van der Waals surface area contributed by atoms with E-state index in [4.69, 9.17) is 11.6 Å². The SMILES string of the molecule is CCCNCc1ccc(C2CCc3cccnc32)cc1Cl. The van der Waals surface area contributed by atoms with Gasteiger partial charge in [0.05, 0.1) is 5.69 Å². The number of aromatic nitrogens is 1. The molecule has 2 aromatic rings. The summed E-state index contributed by atoms with van der Waals surface area (Å²) < 4.78 is 0. The molecule has 0 amide bonds. The molecular formula is C18H21ClN2. The summed E-state index contributed by atoms with van der Waals surface area (Å²) in [5.41, 5.74) is 5.07. The molecule has 1 aromatic carbocycles. The number of hydrogen-bond acceptors (Lipinski definition) is 2. The van der Waals surface area contributed by atoms with Gasteiger partial charge in [-0.05, 0) is 54.6 Å². The van der Waals surface area contributed by atoms with Crippen LogP contribution in [0.3, 0.4) is 0 Å². The van der Waals surface area contributed by atoms with Crippen molar-refractivity contribution in [1.29, 1.82) is 0 Å². The zero-order chi connectivity index (χ0) is 14.7. The van der Waals surface area contributed by atoms with Gasteiger partial charge in [-0.2, -0.15) is 0 Å². The van der Waals surface area contributed by atoms with Crippen molar-refractivity contribution in [3.05, 3.63) is 63.9 Å². The summed E-state index contributed by atoms with van der Waals surface area (Å²) >= 11 is 6.45. The Labute approximate surface area is 131 Å². The van der Waals surface area contributed by atoms with Crippen molar-refractivity contribution in [1.82, 2.24) is 10.3 Å². The average molecular weight is 301 g/mol. The van der Waals surface area contributed by atoms with E-state index in [2.05, 4.69) is 41.5 Å². The number of rotatable bonds is 5. The Kier molecular flexibility index (Phi) is 4.57. The van der Waals surface area contributed by atoms with Crippen molar-refractivity contribution >= 4 is 11.6 Å². The standard InChI is InChI=1S/C18H21ClN2/c1-2-9-20-12-15-6-5-14(11-17(15)19)16-8-7-13-4-3-10-21-18(13)16/h3-6,10-11,16,20H,2,7-9,12H2,1H3. The average Bonchev–Trinajstić information content (AvgIpc) is 2.93.